The molecule has 2 aromatic rings. The van der Waals surface area contributed by atoms with Gasteiger partial charge < -0.3 is 9.47 Å². The molecule has 0 saturated carbocycles. The predicted octanol–water partition coefficient (Wildman–Crippen LogP) is 2.99. The molecule has 9 heteroatoms. The van der Waals surface area contributed by atoms with Crippen LogP contribution in [0.25, 0.3) is 0 Å². The minimum atomic E-state index is -3.74. The Morgan fingerprint density at radius 1 is 1.07 bits per heavy atom. The van der Waals surface area contributed by atoms with E-state index in [-0.39, 0.29) is 29.4 Å². The van der Waals surface area contributed by atoms with E-state index in [9.17, 15) is 22.0 Å². The maximum atomic E-state index is 12.3. The average molecular weight is 399 g/mol. The zero-order valence-corrected chi connectivity index (χ0v) is 15.3. The smallest absolute Gasteiger partial charge is 0.387 e. The van der Waals surface area contributed by atoms with Crippen molar-refractivity contribution in [2.75, 3.05) is 13.2 Å². The second-order valence-corrected chi connectivity index (χ2v) is 7.18. The van der Waals surface area contributed by atoms with E-state index in [4.69, 9.17) is 4.74 Å². The highest BCUT2D eigenvalue weighted by atomic mass is 32.2. The first-order valence-electron chi connectivity index (χ1n) is 8.12. The Morgan fingerprint density at radius 3 is 2.26 bits per heavy atom. The van der Waals surface area contributed by atoms with Crippen LogP contribution in [-0.2, 0) is 21.2 Å². The van der Waals surface area contributed by atoms with Gasteiger partial charge in [0.25, 0.3) is 0 Å². The van der Waals surface area contributed by atoms with E-state index >= 15 is 0 Å². The van der Waals surface area contributed by atoms with Crippen LogP contribution in [0.2, 0.25) is 0 Å². The van der Waals surface area contributed by atoms with Gasteiger partial charge in [-0.2, -0.15) is 8.78 Å². The van der Waals surface area contributed by atoms with Crippen LogP contribution in [0.3, 0.4) is 0 Å². The zero-order valence-electron chi connectivity index (χ0n) is 14.5. The second-order valence-electron chi connectivity index (χ2n) is 5.42. The quantitative estimate of drug-likeness (QED) is 0.656. The second kappa shape index (κ2) is 9.43. The van der Waals surface area contributed by atoms with Gasteiger partial charge in [-0.15, -0.1) is 0 Å². The topological polar surface area (TPSA) is 81.7 Å². The van der Waals surface area contributed by atoms with Gasteiger partial charge in [-0.25, -0.2) is 17.9 Å². The van der Waals surface area contributed by atoms with Crippen molar-refractivity contribution < 1.29 is 31.5 Å². The number of benzene rings is 2. The summed E-state index contributed by atoms with van der Waals surface area (Å²) in [6, 6.07) is 11.4. The molecule has 0 aliphatic heterocycles. The van der Waals surface area contributed by atoms with Crippen molar-refractivity contribution in [2.24, 2.45) is 0 Å². The molecular weight excluding hydrogens is 380 g/mol. The zero-order chi connectivity index (χ0) is 19.9. The minimum Gasteiger partial charge on any atom is -0.462 e. The van der Waals surface area contributed by atoms with Gasteiger partial charge in [-0.05, 0) is 55.3 Å². The fourth-order valence-electron chi connectivity index (χ4n) is 2.24. The van der Waals surface area contributed by atoms with E-state index in [0.29, 0.717) is 6.42 Å². The Bertz CT molecular complexity index is 852. The van der Waals surface area contributed by atoms with E-state index in [1.54, 1.807) is 19.1 Å². The van der Waals surface area contributed by atoms with Crippen molar-refractivity contribution in [2.45, 2.75) is 24.9 Å². The summed E-state index contributed by atoms with van der Waals surface area (Å²) >= 11 is 0. The Balaban J connectivity index is 1.91. The van der Waals surface area contributed by atoms with Crippen molar-refractivity contribution in [3.8, 4) is 5.75 Å². The first-order chi connectivity index (χ1) is 12.8. The third-order valence-corrected chi connectivity index (χ3v) is 5.01. The molecule has 0 heterocycles. The van der Waals surface area contributed by atoms with Crippen LogP contribution in [0.1, 0.15) is 22.8 Å². The number of nitrogens with one attached hydrogen (secondary N) is 1. The van der Waals surface area contributed by atoms with Gasteiger partial charge in [-0.1, -0.05) is 12.1 Å². The molecular formula is C18H19F2NO5S. The summed E-state index contributed by atoms with van der Waals surface area (Å²) in [7, 11) is -3.74. The van der Waals surface area contributed by atoms with Crippen LogP contribution in [0.5, 0.6) is 5.75 Å². The van der Waals surface area contributed by atoms with Crippen LogP contribution >= 0.6 is 0 Å². The molecule has 2 rings (SSSR count). The van der Waals surface area contributed by atoms with Crippen LogP contribution in [0.4, 0.5) is 8.78 Å². The summed E-state index contributed by atoms with van der Waals surface area (Å²) in [6.45, 7) is -0.856. The van der Waals surface area contributed by atoms with Crippen molar-refractivity contribution in [1.82, 2.24) is 4.72 Å². The lowest BCUT2D eigenvalue weighted by molar-refractivity contribution is -0.0498. The fourth-order valence-corrected chi connectivity index (χ4v) is 3.27. The maximum Gasteiger partial charge on any atom is 0.387 e. The molecule has 2 aromatic carbocycles. The van der Waals surface area contributed by atoms with Crippen molar-refractivity contribution >= 4 is 16.0 Å². The number of sulfonamides is 1. The Morgan fingerprint density at radius 2 is 1.70 bits per heavy atom. The van der Waals surface area contributed by atoms with Crippen molar-refractivity contribution in [1.29, 1.82) is 0 Å². The molecule has 0 bridgehead atoms. The van der Waals surface area contributed by atoms with Crippen LogP contribution < -0.4 is 9.46 Å². The molecule has 0 saturated heterocycles. The van der Waals surface area contributed by atoms with E-state index in [0.717, 1.165) is 5.56 Å². The van der Waals surface area contributed by atoms with E-state index in [1.165, 1.54) is 36.4 Å². The maximum absolute atomic E-state index is 12.3. The lowest BCUT2D eigenvalue weighted by Crippen LogP contribution is -2.26. The van der Waals surface area contributed by atoms with Gasteiger partial charge in [-0.3, -0.25) is 0 Å². The highest BCUT2D eigenvalue weighted by Crippen LogP contribution is 2.15. The molecule has 146 valence electrons. The molecule has 6 nitrogen and oxygen atoms in total. The lowest BCUT2D eigenvalue weighted by Gasteiger charge is -2.09. The molecule has 0 aliphatic carbocycles. The Labute approximate surface area is 156 Å². The van der Waals surface area contributed by atoms with Crippen molar-refractivity contribution in [3.05, 3.63) is 59.7 Å². The average Bonchev–Trinajstić information content (AvgIpc) is 2.63. The third-order valence-electron chi connectivity index (χ3n) is 3.53. The van der Waals surface area contributed by atoms with Gasteiger partial charge in [0.05, 0.1) is 17.1 Å². The third kappa shape index (κ3) is 6.30. The highest BCUT2D eigenvalue weighted by molar-refractivity contribution is 7.89. The van der Waals surface area contributed by atoms with Gasteiger partial charge >= 0.3 is 12.6 Å². The summed E-state index contributed by atoms with van der Waals surface area (Å²) in [5.41, 5.74) is 1.03. The molecule has 0 aromatic heterocycles. The van der Waals surface area contributed by atoms with Gasteiger partial charge in [0.15, 0.2) is 0 Å². The number of hydrogen-bond acceptors (Lipinski definition) is 5. The molecule has 27 heavy (non-hydrogen) atoms. The number of hydrogen-bond donors (Lipinski definition) is 1. The molecule has 0 atom stereocenters. The van der Waals surface area contributed by atoms with Gasteiger partial charge in [0, 0.05) is 6.54 Å². The summed E-state index contributed by atoms with van der Waals surface area (Å²) in [6.07, 6.45) is 0.370. The SMILES string of the molecule is CCOC(=O)c1ccc(S(=O)(=O)NCCc2ccc(OC(F)F)cc2)cc1. The number of carbonyl (C=O) groups excluding carboxylic acids is 1. The summed E-state index contributed by atoms with van der Waals surface area (Å²) in [4.78, 5) is 11.6. The molecule has 0 aliphatic rings. The first-order valence-corrected chi connectivity index (χ1v) is 9.60. The molecule has 1 N–H and O–H groups in total. The molecule has 0 radical (unpaired) electrons. The van der Waals surface area contributed by atoms with Crippen molar-refractivity contribution in [3.63, 3.8) is 0 Å². The standard InChI is InChI=1S/C18H19F2NO5S/c1-2-25-17(22)14-5-9-16(10-6-14)27(23,24)21-12-11-13-3-7-15(8-4-13)26-18(19)20/h3-10,18,21H,2,11-12H2,1H3. The largest absolute Gasteiger partial charge is 0.462 e. The number of carbonyl (C=O) groups is 1. The van der Waals surface area contributed by atoms with Gasteiger partial charge in [0.2, 0.25) is 10.0 Å². The summed E-state index contributed by atoms with van der Waals surface area (Å²) < 4.78 is 60.3. The number of esters is 1. The van der Waals surface area contributed by atoms with E-state index < -0.39 is 22.6 Å². The minimum absolute atomic E-state index is 0.0243. The molecule has 0 amide bonds. The number of alkyl halides is 2. The number of ether oxygens (including phenoxy) is 2. The Hall–Kier alpha value is -2.52. The van der Waals surface area contributed by atoms with E-state index in [2.05, 4.69) is 9.46 Å². The predicted molar refractivity (Wildman–Crippen MR) is 94.4 cm³/mol. The van der Waals surface area contributed by atoms with Crippen LogP contribution in [0, 0.1) is 0 Å². The Kier molecular flexibility index (Phi) is 7.26. The fraction of sp³-hybridized carbons (Fsp3) is 0.278. The van der Waals surface area contributed by atoms with Crippen LogP contribution in [-0.4, -0.2) is 34.2 Å². The summed E-state index contributed by atoms with van der Waals surface area (Å²) in [5, 5.41) is 0. The molecule has 0 spiro atoms. The van der Waals surface area contributed by atoms with Gasteiger partial charge in [0.1, 0.15) is 5.75 Å². The number of halogens is 2. The number of rotatable bonds is 9. The first kappa shape index (κ1) is 20.8. The molecule has 0 unspecified atom stereocenters. The molecule has 0 fully saturated rings. The highest BCUT2D eigenvalue weighted by Gasteiger charge is 2.15. The lowest BCUT2D eigenvalue weighted by atomic mass is 10.1. The van der Waals surface area contributed by atoms with Crippen LogP contribution in [0.15, 0.2) is 53.4 Å². The monoisotopic (exact) mass is 399 g/mol. The normalized spacial score (nSPS) is 11.4. The summed E-state index contributed by atoms with van der Waals surface area (Å²) in [5.74, 6) is -0.482. The van der Waals surface area contributed by atoms with E-state index in [1.807, 2.05) is 0 Å².